The Morgan fingerprint density at radius 1 is 1.19 bits per heavy atom. The van der Waals surface area contributed by atoms with E-state index in [2.05, 4.69) is 26.5 Å². The number of aryl methyl sites for hydroxylation is 3. The number of amides is 2. The molecule has 2 aromatic rings. The average Bonchev–Trinajstić information content (AvgIpc) is 3.42. The molecule has 0 aliphatic heterocycles. The minimum Gasteiger partial charge on any atom is -1.00 e. The van der Waals surface area contributed by atoms with E-state index in [9.17, 15) is 13.2 Å². The van der Waals surface area contributed by atoms with Crippen molar-refractivity contribution < 1.29 is 44.2 Å². The summed E-state index contributed by atoms with van der Waals surface area (Å²) >= 11 is 0. The molecule has 1 aromatic heterocycles. The smallest absolute Gasteiger partial charge is 1.00 e. The number of rotatable bonds is 7. The molecule has 9 nitrogen and oxygen atoms in total. The number of fused-ring (bicyclic) bond motifs is 2. The van der Waals surface area contributed by atoms with Crippen molar-refractivity contribution in [2.24, 2.45) is 7.05 Å². The zero-order chi connectivity index (χ0) is 21.3. The summed E-state index contributed by atoms with van der Waals surface area (Å²) in [5, 5.41) is 9.86. The van der Waals surface area contributed by atoms with Crippen LogP contribution in [0.5, 0.6) is 0 Å². The molecule has 2 aliphatic rings. The molecule has 1 aromatic carbocycles. The summed E-state index contributed by atoms with van der Waals surface area (Å²) in [7, 11) is -0.652. The number of anilines is 2. The van der Waals surface area contributed by atoms with Crippen LogP contribution in [0.4, 0.5) is 16.2 Å². The fraction of sp³-hybridized carbons (Fsp3) is 0.500. The average molecular weight is 457 g/mol. The minimum absolute atomic E-state index is 0. The Kier molecular flexibility index (Phi) is 7.69. The molecule has 31 heavy (non-hydrogen) atoms. The number of aromatic nitrogens is 2. The largest absolute Gasteiger partial charge is 1.00 e. The number of carbonyl (C=O) groups is 1. The number of nitrogens with one attached hydrogen (secondary N) is 3. The molecular weight excluding hydrogens is 427 g/mol. The van der Waals surface area contributed by atoms with Crippen molar-refractivity contribution in [2.45, 2.75) is 38.5 Å². The number of likely N-dealkylation sites (N-methyl/N-ethyl adjacent to an activating group) is 1. The van der Waals surface area contributed by atoms with Gasteiger partial charge in [0, 0.05) is 32.0 Å². The molecule has 164 valence electrons. The van der Waals surface area contributed by atoms with Crippen LogP contribution >= 0.6 is 0 Å². The van der Waals surface area contributed by atoms with E-state index in [1.165, 1.54) is 22.0 Å². The summed E-state index contributed by atoms with van der Waals surface area (Å²) < 4.78 is 30.9. The number of hydrogen-bond acceptors (Lipinski definition) is 5. The Morgan fingerprint density at radius 3 is 2.39 bits per heavy atom. The van der Waals surface area contributed by atoms with Crippen LogP contribution in [0.2, 0.25) is 0 Å². The molecule has 11 heteroatoms. The van der Waals surface area contributed by atoms with Gasteiger partial charge in [0.2, 0.25) is 0 Å². The summed E-state index contributed by atoms with van der Waals surface area (Å²) in [6, 6.07) is 1.54. The summed E-state index contributed by atoms with van der Waals surface area (Å²) in [6.07, 6.45) is 9.03. The molecule has 1 heterocycles. The SMILES string of the molecule is CNCCN(c1cnn(C)c1)S(=O)(=O)NC(=O)Nc1c2c(cc3c1CCC3)CCC2.[H-].[Na+]. The second-order valence-electron chi connectivity index (χ2n) is 7.84. The van der Waals surface area contributed by atoms with E-state index >= 15 is 0 Å². The van der Waals surface area contributed by atoms with Gasteiger partial charge in [-0.3, -0.25) is 4.68 Å². The number of carbonyl (C=O) groups excluding carboxylic acids is 1. The Morgan fingerprint density at radius 2 is 1.84 bits per heavy atom. The third-order valence-corrected chi connectivity index (χ3v) is 7.18. The van der Waals surface area contributed by atoms with Crippen LogP contribution in [0.3, 0.4) is 0 Å². The molecule has 0 fully saturated rings. The number of hydrogen-bond donors (Lipinski definition) is 3. The zero-order valence-electron chi connectivity index (χ0n) is 19.4. The van der Waals surface area contributed by atoms with E-state index in [0.717, 1.165) is 59.6 Å². The molecule has 2 amide bonds. The standard InChI is InChI=1S/C20H28N6O3S.Na.H/c1-21-9-10-26(16-12-22-25(2)13-16)30(28,29)24-20(27)23-19-17-7-3-5-14(17)11-15-6-4-8-18(15)19;;/h11-13,21H,3-10H2,1-2H3,(H2,23,24,27);;/q;+1;-1. The van der Waals surface area contributed by atoms with E-state index in [0.29, 0.717) is 12.2 Å². The van der Waals surface area contributed by atoms with Crippen LogP contribution in [0.25, 0.3) is 0 Å². The quantitative estimate of drug-likeness (QED) is 0.445. The Labute approximate surface area is 206 Å². The minimum atomic E-state index is -4.10. The van der Waals surface area contributed by atoms with Gasteiger partial charge in [-0.25, -0.2) is 13.8 Å². The Hall–Kier alpha value is -1.59. The number of nitrogens with zero attached hydrogens (tertiary/aromatic N) is 3. The van der Waals surface area contributed by atoms with Crippen LogP contribution in [-0.2, 0) is 42.9 Å². The van der Waals surface area contributed by atoms with E-state index in [4.69, 9.17) is 0 Å². The fourth-order valence-corrected chi connectivity index (χ4v) is 5.52. The van der Waals surface area contributed by atoms with Crippen molar-refractivity contribution in [3.63, 3.8) is 0 Å². The van der Waals surface area contributed by atoms with Gasteiger partial charge in [-0.05, 0) is 67.8 Å². The number of benzene rings is 1. The molecule has 0 radical (unpaired) electrons. The summed E-state index contributed by atoms with van der Waals surface area (Å²) in [5.74, 6) is 0. The van der Waals surface area contributed by atoms with Gasteiger partial charge in [0.05, 0.1) is 11.9 Å². The molecule has 0 bridgehead atoms. The molecule has 4 rings (SSSR count). The topological polar surface area (TPSA) is 108 Å². The first kappa shape index (κ1) is 24.1. The van der Waals surface area contributed by atoms with E-state index in [1.54, 1.807) is 20.3 Å². The van der Waals surface area contributed by atoms with Gasteiger partial charge in [-0.15, -0.1) is 0 Å². The van der Waals surface area contributed by atoms with Gasteiger partial charge in [0.1, 0.15) is 0 Å². The second-order valence-corrected chi connectivity index (χ2v) is 9.44. The van der Waals surface area contributed by atoms with Crippen molar-refractivity contribution in [1.82, 2.24) is 19.8 Å². The van der Waals surface area contributed by atoms with Crippen molar-refractivity contribution in [3.8, 4) is 0 Å². The Bertz CT molecular complexity index is 1040. The Balaban J connectivity index is 0.00000181. The van der Waals surface area contributed by atoms with Gasteiger partial charge in [0.25, 0.3) is 0 Å². The number of urea groups is 1. The first-order chi connectivity index (χ1) is 14.4. The molecule has 2 aliphatic carbocycles. The van der Waals surface area contributed by atoms with Crippen molar-refractivity contribution >= 4 is 27.6 Å². The summed E-state index contributed by atoms with van der Waals surface area (Å²) in [5.41, 5.74) is 6.08. The first-order valence-corrected chi connectivity index (χ1v) is 11.7. The fourth-order valence-electron chi connectivity index (χ4n) is 4.42. The van der Waals surface area contributed by atoms with E-state index < -0.39 is 16.2 Å². The molecule has 0 atom stereocenters. The van der Waals surface area contributed by atoms with Crippen LogP contribution in [0.15, 0.2) is 18.5 Å². The summed E-state index contributed by atoms with van der Waals surface area (Å²) in [6.45, 7) is 0.595. The van der Waals surface area contributed by atoms with Gasteiger partial charge in [-0.1, -0.05) is 6.07 Å². The molecule has 0 saturated heterocycles. The predicted octanol–water partition coefficient (Wildman–Crippen LogP) is -1.39. The third-order valence-electron chi connectivity index (χ3n) is 5.77. The normalized spacial score (nSPS) is 14.5. The molecule has 0 spiro atoms. The van der Waals surface area contributed by atoms with Gasteiger partial charge in [0.15, 0.2) is 0 Å². The van der Waals surface area contributed by atoms with Crippen molar-refractivity contribution in [1.29, 1.82) is 0 Å². The van der Waals surface area contributed by atoms with Crippen LogP contribution in [0.1, 0.15) is 36.5 Å². The van der Waals surface area contributed by atoms with E-state index in [1.807, 2.05) is 0 Å². The van der Waals surface area contributed by atoms with Gasteiger partial charge >= 0.3 is 45.8 Å². The van der Waals surface area contributed by atoms with Crippen LogP contribution < -0.4 is 49.2 Å². The maximum absolute atomic E-state index is 13.0. The molecule has 3 N–H and O–H groups in total. The zero-order valence-corrected chi connectivity index (χ0v) is 21.2. The van der Waals surface area contributed by atoms with Gasteiger partial charge in [-0.2, -0.15) is 13.5 Å². The second kappa shape index (κ2) is 9.91. The monoisotopic (exact) mass is 456 g/mol. The molecule has 0 unspecified atom stereocenters. The van der Waals surface area contributed by atoms with Crippen LogP contribution in [-0.4, -0.2) is 44.4 Å². The predicted molar refractivity (Wildman–Crippen MR) is 117 cm³/mol. The van der Waals surface area contributed by atoms with Crippen LogP contribution in [0, 0.1) is 0 Å². The third kappa shape index (κ3) is 5.09. The summed E-state index contributed by atoms with van der Waals surface area (Å²) in [4.78, 5) is 12.8. The van der Waals surface area contributed by atoms with Crippen molar-refractivity contribution in [3.05, 3.63) is 40.7 Å². The first-order valence-electron chi connectivity index (χ1n) is 10.3. The maximum atomic E-state index is 13.0. The van der Waals surface area contributed by atoms with E-state index in [-0.39, 0.29) is 37.5 Å². The molecule has 0 saturated carbocycles. The van der Waals surface area contributed by atoms with Crippen molar-refractivity contribution in [2.75, 3.05) is 29.8 Å². The maximum Gasteiger partial charge on any atom is 1.00 e. The van der Waals surface area contributed by atoms with Gasteiger partial charge < -0.3 is 12.1 Å². The molecular formula is C20H29N6NaO3S.